The molecule has 0 saturated carbocycles. The minimum Gasteiger partial charge on any atom is -0.489 e. The van der Waals surface area contributed by atoms with Gasteiger partial charge in [0.1, 0.15) is 18.0 Å². The summed E-state index contributed by atoms with van der Waals surface area (Å²) < 4.78 is 5.62. The molecule has 2 aromatic rings. The number of hydrogen-bond acceptors (Lipinski definition) is 1. The van der Waals surface area contributed by atoms with Gasteiger partial charge in [0.15, 0.2) is 0 Å². The van der Waals surface area contributed by atoms with E-state index in [4.69, 9.17) is 4.74 Å². The summed E-state index contributed by atoms with van der Waals surface area (Å²) in [4.78, 5) is 0. The molecule has 0 aliphatic heterocycles. The Bertz CT molecular complexity index is 408. The van der Waals surface area contributed by atoms with Crippen molar-refractivity contribution in [3.63, 3.8) is 0 Å². The Morgan fingerprint density at radius 1 is 0.867 bits per heavy atom. The van der Waals surface area contributed by atoms with Crippen LogP contribution in [0, 0.1) is 0 Å². The van der Waals surface area contributed by atoms with Crippen LogP contribution in [-0.2, 0) is 6.61 Å². The van der Waals surface area contributed by atoms with Crippen molar-refractivity contribution in [2.24, 2.45) is 0 Å². The van der Waals surface area contributed by atoms with Crippen molar-refractivity contribution >= 4 is 5.69 Å². The lowest BCUT2D eigenvalue weighted by Crippen LogP contribution is -2.39. The highest BCUT2D eigenvalue weighted by Crippen LogP contribution is 2.13. The third-order valence-electron chi connectivity index (χ3n) is 2.17. The van der Waals surface area contributed by atoms with Crippen LogP contribution >= 0.6 is 0 Å². The predicted molar refractivity (Wildman–Crippen MR) is 59.8 cm³/mol. The molecule has 0 amide bonds. The van der Waals surface area contributed by atoms with E-state index in [0.29, 0.717) is 6.61 Å². The quantitative estimate of drug-likeness (QED) is 0.809. The third-order valence-corrected chi connectivity index (χ3v) is 2.17. The van der Waals surface area contributed by atoms with Crippen LogP contribution in [0.3, 0.4) is 0 Å². The molecular weight excluding hydrogens is 186 g/mol. The monoisotopic (exact) mass is 200 g/mol. The second kappa shape index (κ2) is 4.62. The van der Waals surface area contributed by atoms with Gasteiger partial charge in [-0.05, 0) is 17.7 Å². The first-order valence-electron chi connectivity index (χ1n) is 4.93. The van der Waals surface area contributed by atoms with Gasteiger partial charge in [-0.15, -0.1) is 0 Å². The van der Waals surface area contributed by atoms with Gasteiger partial charge < -0.3 is 10.5 Å². The molecule has 2 rings (SSSR count). The van der Waals surface area contributed by atoms with E-state index in [1.165, 1.54) is 5.56 Å². The minimum absolute atomic E-state index is 0.608. The van der Waals surface area contributed by atoms with Crippen LogP contribution in [0.4, 0.5) is 5.69 Å². The zero-order valence-electron chi connectivity index (χ0n) is 8.52. The first-order valence-corrected chi connectivity index (χ1v) is 4.93. The van der Waals surface area contributed by atoms with Crippen molar-refractivity contribution in [3.8, 4) is 5.75 Å². The van der Waals surface area contributed by atoms with Crippen molar-refractivity contribution < 1.29 is 10.5 Å². The van der Waals surface area contributed by atoms with Gasteiger partial charge in [0, 0.05) is 12.1 Å². The zero-order chi connectivity index (χ0) is 10.5. The smallest absolute Gasteiger partial charge is 0.128 e. The summed E-state index contributed by atoms with van der Waals surface area (Å²) in [5.41, 5.74) is 6.00. The normalized spacial score (nSPS) is 9.93. The van der Waals surface area contributed by atoms with Gasteiger partial charge in [-0.25, -0.2) is 0 Å². The van der Waals surface area contributed by atoms with Crippen molar-refractivity contribution in [3.05, 3.63) is 60.2 Å². The lowest BCUT2D eigenvalue weighted by Gasteiger charge is -2.05. The fourth-order valence-corrected chi connectivity index (χ4v) is 1.33. The first kappa shape index (κ1) is 9.74. The molecule has 0 unspecified atom stereocenters. The largest absolute Gasteiger partial charge is 0.489 e. The molecule has 0 aliphatic rings. The SMILES string of the molecule is [NH3+]c1ccc(OCc2ccccc2)cc1. The standard InChI is InChI=1S/C13H13NO/c14-12-6-8-13(9-7-12)15-10-11-4-2-1-3-5-11/h1-9H,10,14H2/p+1. The van der Waals surface area contributed by atoms with Crippen molar-refractivity contribution in [2.45, 2.75) is 6.61 Å². The van der Waals surface area contributed by atoms with Crippen LogP contribution in [0.1, 0.15) is 5.56 Å². The molecule has 2 heteroatoms. The van der Waals surface area contributed by atoms with Gasteiger partial charge in [0.25, 0.3) is 0 Å². The molecule has 0 aromatic heterocycles. The highest BCUT2D eigenvalue weighted by Gasteiger charge is 1.95. The van der Waals surface area contributed by atoms with Crippen LogP contribution in [-0.4, -0.2) is 0 Å². The lowest BCUT2D eigenvalue weighted by atomic mass is 10.2. The summed E-state index contributed by atoms with van der Waals surface area (Å²) in [5, 5.41) is 0. The van der Waals surface area contributed by atoms with Crippen LogP contribution in [0.5, 0.6) is 5.75 Å². The van der Waals surface area contributed by atoms with Crippen LogP contribution < -0.4 is 10.5 Å². The van der Waals surface area contributed by atoms with E-state index < -0.39 is 0 Å². The second-order valence-electron chi connectivity index (χ2n) is 3.42. The van der Waals surface area contributed by atoms with Gasteiger partial charge in [-0.3, -0.25) is 0 Å². The Hall–Kier alpha value is -1.80. The van der Waals surface area contributed by atoms with Crippen molar-refractivity contribution in [1.82, 2.24) is 0 Å². The predicted octanol–water partition coefficient (Wildman–Crippen LogP) is 2.14. The molecule has 0 heterocycles. The molecule has 2 aromatic carbocycles. The molecule has 15 heavy (non-hydrogen) atoms. The lowest BCUT2D eigenvalue weighted by molar-refractivity contribution is -0.254. The fourth-order valence-electron chi connectivity index (χ4n) is 1.33. The average molecular weight is 200 g/mol. The number of benzene rings is 2. The molecule has 0 fully saturated rings. The number of rotatable bonds is 3. The Kier molecular flexibility index (Phi) is 3.00. The maximum atomic E-state index is 5.62. The fraction of sp³-hybridized carbons (Fsp3) is 0.0769. The summed E-state index contributed by atoms with van der Waals surface area (Å²) >= 11 is 0. The van der Waals surface area contributed by atoms with Gasteiger partial charge in [-0.1, -0.05) is 30.3 Å². The van der Waals surface area contributed by atoms with E-state index in [9.17, 15) is 0 Å². The minimum atomic E-state index is 0.608. The molecule has 76 valence electrons. The van der Waals surface area contributed by atoms with Gasteiger partial charge in [0.05, 0.1) is 0 Å². The molecule has 0 radical (unpaired) electrons. The molecular formula is C13H14NO+. The Balaban J connectivity index is 1.96. The van der Waals surface area contributed by atoms with E-state index in [2.05, 4.69) is 17.9 Å². The van der Waals surface area contributed by atoms with E-state index in [1.807, 2.05) is 42.5 Å². The second-order valence-corrected chi connectivity index (χ2v) is 3.42. The van der Waals surface area contributed by atoms with Crippen molar-refractivity contribution in [2.75, 3.05) is 0 Å². The van der Waals surface area contributed by atoms with Gasteiger partial charge >= 0.3 is 0 Å². The topological polar surface area (TPSA) is 36.9 Å². The zero-order valence-corrected chi connectivity index (χ0v) is 8.52. The average Bonchev–Trinajstić information content (AvgIpc) is 2.30. The Morgan fingerprint density at radius 2 is 1.53 bits per heavy atom. The maximum Gasteiger partial charge on any atom is 0.128 e. The molecule has 0 aliphatic carbocycles. The Labute approximate surface area is 89.3 Å². The van der Waals surface area contributed by atoms with Crippen LogP contribution in [0.25, 0.3) is 0 Å². The molecule has 0 saturated heterocycles. The molecule has 0 atom stereocenters. The summed E-state index contributed by atoms with van der Waals surface area (Å²) in [6, 6.07) is 17.9. The van der Waals surface area contributed by atoms with E-state index in [0.717, 1.165) is 11.4 Å². The highest BCUT2D eigenvalue weighted by atomic mass is 16.5. The van der Waals surface area contributed by atoms with E-state index >= 15 is 0 Å². The third kappa shape index (κ3) is 2.82. The van der Waals surface area contributed by atoms with E-state index in [-0.39, 0.29) is 0 Å². The number of ether oxygens (including phenoxy) is 1. The van der Waals surface area contributed by atoms with E-state index in [1.54, 1.807) is 0 Å². The summed E-state index contributed by atoms with van der Waals surface area (Å²) in [6.45, 7) is 0.608. The van der Waals surface area contributed by atoms with Gasteiger partial charge in [0.2, 0.25) is 0 Å². The summed E-state index contributed by atoms with van der Waals surface area (Å²) in [7, 11) is 0. The highest BCUT2D eigenvalue weighted by molar-refractivity contribution is 5.34. The first-order chi connectivity index (χ1) is 7.34. The Morgan fingerprint density at radius 3 is 2.20 bits per heavy atom. The summed E-state index contributed by atoms with van der Waals surface area (Å²) in [5.74, 6) is 0.881. The molecule has 0 bridgehead atoms. The molecule has 3 N–H and O–H groups in total. The van der Waals surface area contributed by atoms with Crippen LogP contribution in [0.2, 0.25) is 0 Å². The number of quaternary nitrogens is 1. The van der Waals surface area contributed by atoms with Crippen LogP contribution in [0.15, 0.2) is 54.6 Å². The maximum absolute atomic E-state index is 5.62. The van der Waals surface area contributed by atoms with Gasteiger partial charge in [-0.2, -0.15) is 0 Å². The number of hydrogen-bond donors (Lipinski definition) is 1. The molecule has 2 nitrogen and oxygen atoms in total. The molecule has 0 spiro atoms. The summed E-state index contributed by atoms with van der Waals surface area (Å²) in [6.07, 6.45) is 0. The van der Waals surface area contributed by atoms with Crippen molar-refractivity contribution in [1.29, 1.82) is 0 Å².